The quantitative estimate of drug-likeness (QED) is 0.343. The Labute approximate surface area is 153 Å². The van der Waals surface area contributed by atoms with Crippen molar-refractivity contribution in [3.05, 3.63) is 0 Å². The standard InChI is InChI=1S/C19H36N4O2/c1-15-13-23(14-17(15)18(24)25-4)19(20-2)21-11-8-12-22(3)16-9-6-5-7-10-16/h15-17H,5-14H2,1-4H3,(H,20,21). The average Bonchev–Trinajstić information content (AvgIpc) is 3.03. The zero-order chi connectivity index (χ0) is 18.2. The Bertz CT molecular complexity index is 449. The molecule has 1 N–H and O–H groups in total. The van der Waals surface area contributed by atoms with Crippen LogP contribution in [-0.4, -0.2) is 75.2 Å². The van der Waals surface area contributed by atoms with Crippen molar-refractivity contribution in [3.8, 4) is 0 Å². The van der Waals surface area contributed by atoms with Gasteiger partial charge in [0.15, 0.2) is 5.96 Å². The summed E-state index contributed by atoms with van der Waals surface area (Å²) >= 11 is 0. The van der Waals surface area contributed by atoms with Crippen LogP contribution in [0.25, 0.3) is 0 Å². The molecule has 2 rings (SSSR count). The molecule has 0 aromatic heterocycles. The Morgan fingerprint density at radius 3 is 2.64 bits per heavy atom. The summed E-state index contributed by atoms with van der Waals surface area (Å²) in [5, 5.41) is 3.46. The van der Waals surface area contributed by atoms with Crippen molar-refractivity contribution < 1.29 is 9.53 Å². The van der Waals surface area contributed by atoms with Gasteiger partial charge in [0.1, 0.15) is 0 Å². The van der Waals surface area contributed by atoms with E-state index in [4.69, 9.17) is 4.74 Å². The summed E-state index contributed by atoms with van der Waals surface area (Å²) in [7, 11) is 5.54. The third-order valence-electron chi connectivity index (χ3n) is 5.80. The number of ether oxygens (including phenoxy) is 1. The van der Waals surface area contributed by atoms with E-state index in [0.29, 0.717) is 12.5 Å². The van der Waals surface area contributed by atoms with Crippen molar-refractivity contribution in [2.24, 2.45) is 16.8 Å². The Morgan fingerprint density at radius 2 is 2.00 bits per heavy atom. The maximum Gasteiger partial charge on any atom is 0.310 e. The van der Waals surface area contributed by atoms with Gasteiger partial charge >= 0.3 is 5.97 Å². The molecule has 1 aliphatic carbocycles. The van der Waals surface area contributed by atoms with Crippen LogP contribution in [-0.2, 0) is 9.53 Å². The van der Waals surface area contributed by atoms with E-state index in [-0.39, 0.29) is 11.9 Å². The molecule has 2 unspecified atom stereocenters. The number of aliphatic imine (C=N–C) groups is 1. The lowest BCUT2D eigenvalue weighted by Gasteiger charge is -2.31. The first-order chi connectivity index (χ1) is 12.1. The number of hydrogen-bond acceptors (Lipinski definition) is 4. The Morgan fingerprint density at radius 1 is 1.28 bits per heavy atom. The van der Waals surface area contributed by atoms with Crippen molar-refractivity contribution in [2.45, 2.75) is 51.5 Å². The second kappa shape index (κ2) is 10.00. The second-order valence-electron chi connectivity index (χ2n) is 7.61. The molecule has 2 atom stereocenters. The maximum atomic E-state index is 11.9. The summed E-state index contributed by atoms with van der Waals surface area (Å²) in [6.45, 7) is 5.68. The molecule has 6 nitrogen and oxygen atoms in total. The number of nitrogens with one attached hydrogen (secondary N) is 1. The summed E-state index contributed by atoms with van der Waals surface area (Å²) in [5.41, 5.74) is 0. The molecule has 0 bridgehead atoms. The Balaban J connectivity index is 1.71. The molecule has 1 saturated carbocycles. The fraction of sp³-hybridized carbons (Fsp3) is 0.895. The average molecular weight is 353 g/mol. The summed E-state index contributed by atoms with van der Waals surface area (Å²) in [6, 6.07) is 0.772. The Kier molecular flexibility index (Phi) is 8.00. The van der Waals surface area contributed by atoms with Crippen LogP contribution in [0.3, 0.4) is 0 Å². The smallest absolute Gasteiger partial charge is 0.310 e. The number of carbonyl (C=O) groups is 1. The van der Waals surface area contributed by atoms with Crippen LogP contribution < -0.4 is 5.32 Å². The zero-order valence-electron chi connectivity index (χ0n) is 16.5. The SMILES string of the molecule is CN=C(NCCCN(C)C1CCCCC1)N1CC(C)C(C(=O)OC)C1. The first kappa shape index (κ1) is 20.0. The highest BCUT2D eigenvalue weighted by Crippen LogP contribution is 2.24. The molecule has 1 saturated heterocycles. The van der Waals surface area contributed by atoms with Crippen LogP contribution in [0.1, 0.15) is 45.4 Å². The van der Waals surface area contributed by atoms with Crippen molar-refractivity contribution >= 4 is 11.9 Å². The van der Waals surface area contributed by atoms with E-state index in [0.717, 1.165) is 38.1 Å². The van der Waals surface area contributed by atoms with Crippen molar-refractivity contribution in [3.63, 3.8) is 0 Å². The van der Waals surface area contributed by atoms with E-state index < -0.39 is 0 Å². The van der Waals surface area contributed by atoms with Crippen molar-refractivity contribution in [1.29, 1.82) is 0 Å². The van der Waals surface area contributed by atoms with E-state index in [1.54, 1.807) is 0 Å². The maximum absolute atomic E-state index is 11.9. The van der Waals surface area contributed by atoms with Gasteiger partial charge in [-0.25, -0.2) is 0 Å². The van der Waals surface area contributed by atoms with E-state index >= 15 is 0 Å². The lowest BCUT2D eigenvalue weighted by Crippen LogP contribution is -2.42. The minimum atomic E-state index is -0.112. The van der Waals surface area contributed by atoms with Gasteiger partial charge in [0.25, 0.3) is 0 Å². The normalized spacial score (nSPS) is 25.5. The molecular weight excluding hydrogens is 316 g/mol. The number of methoxy groups -OCH3 is 1. The molecule has 0 spiro atoms. The second-order valence-corrected chi connectivity index (χ2v) is 7.61. The summed E-state index contributed by atoms with van der Waals surface area (Å²) < 4.78 is 4.92. The fourth-order valence-electron chi connectivity index (χ4n) is 4.16. The van der Waals surface area contributed by atoms with Crippen molar-refractivity contribution in [2.75, 3.05) is 47.4 Å². The molecule has 2 aliphatic rings. The summed E-state index contributed by atoms with van der Waals surface area (Å²) in [5.74, 6) is 1.03. The number of carbonyl (C=O) groups excluding carboxylic acids is 1. The first-order valence-corrected chi connectivity index (χ1v) is 9.80. The van der Waals surface area contributed by atoms with Gasteiger partial charge in [0.05, 0.1) is 13.0 Å². The lowest BCUT2D eigenvalue weighted by molar-refractivity contribution is -0.145. The minimum absolute atomic E-state index is 0.0546. The number of rotatable bonds is 6. The van der Waals surface area contributed by atoms with Gasteiger partial charge in [0, 0.05) is 32.7 Å². The highest BCUT2D eigenvalue weighted by atomic mass is 16.5. The predicted molar refractivity (Wildman–Crippen MR) is 102 cm³/mol. The van der Waals surface area contributed by atoms with E-state index in [9.17, 15) is 4.79 Å². The highest BCUT2D eigenvalue weighted by molar-refractivity contribution is 5.82. The van der Waals surface area contributed by atoms with E-state index in [2.05, 4.69) is 34.1 Å². The number of guanidine groups is 1. The van der Waals surface area contributed by atoms with E-state index in [1.165, 1.54) is 39.2 Å². The van der Waals surface area contributed by atoms with Crippen LogP contribution in [0.15, 0.2) is 4.99 Å². The molecule has 2 fully saturated rings. The summed E-state index contributed by atoms with van der Waals surface area (Å²) in [6.07, 6.45) is 7.99. The van der Waals surface area contributed by atoms with Crippen LogP contribution in [0.4, 0.5) is 0 Å². The number of likely N-dealkylation sites (tertiary alicyclic amines) is 1. The molecule has 0 radical (unpaired) electrons. The van der Waals surface area contributed by atoms with Gasteiger partial charge in [-0.1, -0.05) is 26.2 Å². The molecule has 6 heteroatoms. The third kappa shape index (κ3) is 5.59. The van der Waals surface area contributed by atoms with Crippen molar-refractivity contribution in [1.82, 2.24) is 15.1 Å². The van der Waals surface area contributed by atoms with Gasteiger partial charge in [0.2, 0.25) is 0 Å². The predicted octanol–water partition coefficient (Wildman–Crippen LogP) is 1.96. The van der Waals surface area contributed by atoms with Gasteiger partial charge in [-0.15, -0.1) is 0 Å². The fourth-order valence-corrected chi connectivity index (χ4v) is 4.16. The topological polar surface area (TPSA) is 57.2 Å². The molecule has 0 amide bonds. The zero-order valence-corrected chi connectivity index (χ0v) is 16.5. The van der Waals surface area contributed by atoms with Gasteiger partial charge in [-0.3, -0.25) is 9.79 Å². The van der Waals surface area contributed by atoms with Crippen LogP contribution in [0.2, 0.25) is 0 Å². The lowest BCUT2D eigenvalue weighted by atomic mass is 9.94. The number of esters is 1. The third-order valence-corrected chi connectivity index (χ3v) is 5.80. The molecule has 144 valence electrons. The van der Waals surface area contributed by atoms with Gasteiger partial charge < -0.3 is 19.9 Å². The molecular formula is C19H36N4O2. The van der Waals surface area contributed by atoms with Crippen LogP contribution >= 0.6 is 0 Å². The monoisotopic (exact) mass is 352 g/mol. The van der Waals surface area contributed by atoms with Crippen LogP contribution in [0, 0.1) is 11.8 Å². The minimum Gasteiger partial charge on any atom is -0.469 e. The van der Waals surface area contributed by atoms with E-state index in [1.807, 2.05) is 7.05 Å². The molecule has 1 heterocycles. The summed E-state index contributed by atoms with van der Waals surface area (Å²) in [4.78, 5) is 20.9. The van der Waals surface area contributed by atoms with Gasteiger partial charge in [-0.2, -0.15) is 0 Å². The molecule has 25 heavy (non-hydrogen) atoms. The molecule has 1 aliphatic heterocycles. The molecule has 0 aromatic rings. The van der Waals surface area contributed by atoms with Crippen LogP contribution in [0.5, 0.6) is 0 Å². The number of nitrogens with zero attached hydrogens (tertiary/aromatic N) is 3. The highest BCUT2D eigenvalue weighted by Gasteiger charge is 2.36. The van der Waals surface area contributed by atoms with Gasteiger partial charge in [-0.05, 0) is 38.8 Å². The molecule has 0 aromatic carbocycles. The largest absolute Gasteiger partial charge is 0.469 e. The Hall–Kier alpha value is -1.30. The first-order valence-electron chi connectivity index (χ1n) is 9.80. The number of hydrogen-bond donors (Lipinski definition) is 1.